The summed E-state index contributed by atoms with van der Waals surface area (Å²) in [7, 11) is 0. The Kier molecular flexibility index (Phi) is 4.75. The highest BCUT2D eigenvalue weighted by Gasteiger charge is 2.43. The number of ether oxygens (including phenoxy) is 2. The summed E-state index contributed by atoms with van der Waals surface area (Å²) in [5.41, 5.74) is 0.315. The number of nitrogens with zero attached hydrogens (tertiary/aromatic N) is 2. The van der Waals surface area contributed by atoms with Crippen LogP contribution in [0.25, 0.3) is 0 Å². The van der Waals surface area contributed by atoms with Crippen molar-refractivity contribution >= 4 is 22.9 Å². The molecule has 2 aromatic heterocycles. The minimum Gasteiger partial charge on any atom is -0.486 e. The van der Waals surface area contributed by atoms with Crippen molar-refractivity contribution in [2.24, 2.45) is 0 Å². The van der Waals surface area contributed by atoms with Crippen LogP contribution in [0, 0.1) is 0 Å². The predicted octanol–water partition coefficient (Wildman–Crippen LogP) is 4.24. The number of hydrogen-bond acceptors (Lipinski definition) is 5. The summed E-state index contributed by atoms with van der Waals surface area (Å²) in [6.45, 7) is 1.03. The Labute approximate surface area is 173 Å². The molecular weight excluding hydrogens is 386 g/mol. The van der Waals surface area contributed by atoms with E-state index in [2.05, 4.69) is 16.5 Å². The largest absolute Gasteiger partial charge is 0.486 e. The molecule has 0 radical (unpaired) electrons. The number of anilines is 1. The van der Waals surface area contributed by atoms with Gasteiger partial charge in [0.15, 0.2) is 17.6 Å². The van der Waals surface area contributed by atoms with Crippen molar-refractivity contribution in [1.29, 1.82) is 0 Å². The number of carbonyl (C=O) groups excluding carboxylic acids is 1. The summed E-state index contributed by atoms with van der Waals surface area (Å²) in [6, 6.07) is 11.8. The zero-order chi connectivity index (χ0) is 19.7. The van der Waals surface area contributed by atoms with E-state index in [1.54, 1.807) is 22.2 Å². The molecule has 29 heavy (non-hydrogen) atoms. The molecule has 1 N–H and O–H groups in total. The van der Waals surface area contributed by atoms with Crippen LogP contribution in [-0.2, 0) is 16.8 Å². The van der Waals surface area contributed by atoms with Crippen LogP contribution in [-0.4, -0.2) is 28.4 Å². The zero-order valence-electron chi connectivity index (χ0n) is 16.0. The number of para-hydroxylation sites is 2. The first kappa shape index (κ1) is 18.2. The second-order valence-electron chi connectivity index (χ2n) is 7.67. The molecule has 0 spiro atoms. The van der Waals surface area contributed by atoms with Gasteiger partial charge in [-0.15, -0.1) is 11.3 Å². The van der Waals surface area contributed by atoms with Crippen molar-refractivity contribution in [2.45, 2.75) is 43.7 Å². The third-order valence-electron chi connectivity index (χ3n) is 5.73. The van der Waals surface area contributed by atoms with Gasteiger partial charge in [-0.1, -0.05) is 31.0 Å². The highest BCUT2D eigenvalue weighted by Crippen LogP contribution is 2.44. The molecule has 1 aliphatic heterocycles. The number of rotatable bonds is 5. The highest BCUT2D eigenvalue weighted by molar-refractivity contribution is 7.10. The van der Waals surface area contributed by atoms with Crippen LogP contribution < -0.4 is 14.8 Å². The quantitative estimate of drug-likeness (QED) is 0.685. The van der Waals surface area contributed by atoms with Gasteiger partial charge in [0.05, 0.1) is 23.8 Å². The molecule has 1 amide bonds. The molecule has 3 aromatic rings. The number of aromatic nitrogens is 2. The van der Waals surface area contributed by atoms with Gasteiger partial charge in [0, 0.05) is 11.1 Å². The SMILES string of the molecule is O=C(Nc1cnn(CC2COc3ccccc3O2)c1)C1(c2cccs2)CCCC1. The molecule has 1 aromatic carbocycles. The van der Waals surface area contributed by atoms with Crippen LogP contribution in [0.15, 0.2) is 54.2 Å². The molecule has 5 rings (SSSR count). The average Bonchev–Trinajstić information content (AvgIpc) is 3.50. The number of amides is 1. The first-order valence-electron chi connectivity index (χ1n) is 9.99. The lowest BCUT2D eigenvalue weighted by atomic mass is 9.83. The summed E-state index contributed by atoms with van der Waals surface area (Å²) in [5, 5.41) is 9.55. The number of benzene rings is 1. The summed E-state index contributed by atoms with van der Waals surface area (Å²) in [6.07, 6.45) is 7.42. The molecule has 6 nitrogen and oxygen atoms in total. The molecule has 1 unspecified atom stereocenters. The third kappa shape index (κ3) is 3.51. The maximum absolute atomic E-state index is 13.2. The Balaban J connectivity index is 1.25. The Morgan fingerprint density at radius 3 is 2.83 bits per heavy atom. The van der Waals surface area contributed by atoms with E-state index < -0.39 is 5.41 Å². The van der Waals surface area contributed by atoms with Gasteiger partial charge >= 0.3 is 0 Å². The second kappa shape index (κ2) is 7.55. The standard InChI is InChI=1S/C22H23N3O3S/c26-21(22(9-3-4-10-22)20-8-5-11-29-20)24-16-12-23-25(13-16)14-17-15-27-18-6-1-2-7-19(18)28-17/h1-2,5-8,11-13,17H,3-4,9-10,14-15H2,(H,24,26). The number of carbonyl (C=O) groups is 1. The van der Waals surface area contributed by atoms with E-state index >= 15 is 0 Å². The minimum absolute atomic E-state index is 0.0724. The van der Waals surface area contributed by atoms with E-state index in [1.807, 2.05) is 41.9 Å². The maximum Gasteiger partial charge on any atom is 0.235 e. The molecule has 1 saturated carbocycles. The average molecular weight is 410 g/mol. The van der Waals surface area contributed by atoms with Crippen LogP contribution in [0.2, 0.25) is 0 Å². The lowest BCUT2D eigenvalue weighted by molar-refractivity contribution is -0.121. The minimum atomic E-state index is -0.402. The van der Waals surface area contributed by atoms with E-state index in [9.17, 15) is 4.79 Å². The van der Waals surface area contributed by atoms with Gasteiger partial charge < -0.3 is 14.8 Å². The van der Waals surface area contributed by atoms with Gasteiger partial charge in [0.25, 0.3) is 0 Å². The Bertz CT molecular complexity index is 992. The molecule has 0 bridgehead atoms. The number of nitrogens with one attached hydrogen (secondary N) is 1. The fourth-order valence-electron chi connectivity index (χ4n) is 4.26. The van der Waals surface area contributed by atoms with Crippen molar-refractivity contribution in [3.05, 3.63) is 59.0 Å². The summed E-state index contributed by atoms with van der Waals surface area (Å²) < 4.78 is 13.6. The smallest absolute Gasteiger partial charge is 0.235 e. The first-order valence-corrected chi connectivity index (χ1v) is 10.9. The molecule has 3 heterocycles. The van der Waals surface area contributed by atoms with Crippen molar-refractivity contribution in [1.82, 2.24) is 9.78 Å². The van der Waals surface area contributed by atoms with Gasteiger partial charge in [-0.25, -0.2) is 0 Å². The number of hydrogen-bond donors (Lipinski definition) is 1. The Morgan fingerprint density at radius 1 is 1.21 bits per heavy atom. The Hall–Kier alpha value is -2.80. The van der Waals surface area contributed by atoms with Crippen LogP contribution in [0.4, 0.5) is 5.69 Å². The van der Waals surface area contributed by atoms with Gasteiger partial charge in [-0.2, -0.15) is 5.10 Å². The fraction of sp³-hybridized carbons (Fsp3) is 0.364. The molecular formula is C22H23N3O3S. The van der Waals surface area contributed by atoms with Gasteiger partial charge in [0.2, 0.25) is 5.91 Å². The van der Waals surface area contributed by atoms with Crippen LogP contribution >= 0.6 is 11.3 Å². The van der Waals surface area contributed by atoms with Gasteiger partial charge in [-0.05, 0) is 36.4 Å². The second-order valence-corrected chi connectivity index (χ2v) is 8.62. The lowest BCUT2D eigenvalue weighted by Gasteiger charge is -2.26. The van der Waals surface area contributed by atoms with E-state index in [-0.39, 0.29) is 12.0 Å². The fourth-order valence-corrected chi connectivity index (χ4v) is 5.24. The van der Waals surface area contributed by atoms with E-state index in [0.717, 1.165) is 47.7 Å². The van der Waals surface area contributed by atoms with Gasteiger partial charge in [-0.3, -0.25) is 9.48 Å². The van der Waals surface area contributed by atoms with E-state index in [4.69, 9.17) is 9.47 Å². The third-order valence-corrected chi connectivity index (χ3v) is 6.81. The predicted molar refractivity (Wildman–Crippen MR) is 112 cm³/mol. The highest BCUT2D eigenvalue weighted by atomic mass is 32.1. The summed E-state index contributed by atoms with van der Waals surface area (Å²) in [5.74, 6) is 1.60. The van der Waals surface area contributed by atoms with Crippen molar-refractivity contribution < 1.29 is 14.3 Å². The molecule has 0 saturated heterocycles. The Morgan fingerprint density at radius 2 is 2.03 bits per heavy atom. The monoisotopic (exact) mass is 409 g/mol. The van der Waals surface area contributed by atoms with E-state index in [1.165, 1.54) is 0 Å². The van der Waals surface area contributed by atoms with Crippen molar-refractivity contribution in [2.75, 3.05) is 11.9 Å². The zero-order valence-corrected chi connectivity index (χ0v) is 16.9. The lowest BCUT2D eigenvalue weighted by Crippen LogP contribution is -2.37. The van der Waals surface area contributed by atoms with Crippen LogP contribution in [0.5, 0.6) is 11.5 Å². The first-order chi connectivity index (χ1) is 14.2. The number of thiophene rings is 1. The molecule has 1 aliphatic carbocycles. The van der Waals surface area contributed by atoms with E-state index in [0.29, 0.717) is 13.2 Å². The van der Waals surface area contributed by atoms with Crippen LogP contribution in [0.3, 0.4) is 0 Å². The van der Waals surface area contributed by atoms with Crippen molar-refractivity contribution in [3.8, 4) is 11.5 Å². The topological polar surface area (TPSA) is 65.4 Å². The normalized spacial score (nSPS) is 19.8. The summed E-state index contributed by atoms with van der Waals surface area (Å²) in [4.78, 5) is 14.3. The van der Waals surface area contributed by atoms with Crippen molar-refractivity contribution in [3.63, 3.8) is 0 Å². The molecule has 150 valence electrons. The summed E-state index contributed by atoms with van der Waals surface area (Å²) >= 11 is 1.67. The van der Waals surface area contributed by atoms with Gasteiger partial charge in [0.1, 0.15) is 6.61 Å². The molecule has 1 fully saturated rings. The molecule has 2 aliphatic rings. The number of fused-ring (bicyclic) bond motifs is 1. The van der Waals surface area contributed by atoms with Crippen LogP contribution in [0.1, 0.15) is 30.6 Å². The molecule has 7 heteroatoms. The molecule has 1 atom stereocenters. The maximum atomic E-state index is 13.2.